The quantitative estimate of drug-likeness (QED) is 0.600. The number of nitrogens with one attached hydrogen (secondary N) is 1. The number of thiophene rings is 1. The number of hydrogen-bond donors (Lipinski definition) is 1. The Bertz CT molecular complexity index is 997. The van der Waals surface area contributed by atoms with Crippen molar-refractivity contribution < 1.29 is 18.7 Å². The highest BCUT2D eigenvalue weighted by atomic mass is 79.9. The summed E-state index contributed by atoms with van der Waals surface area (Å²) < 4.78 is 27.5. The minimum Gasteiger partial charge on any atom is -0.465 e. The predicted molar refractivity (Wildman–Crippen MR) is 104 cm³/mol. The van der Waals surface area contributed by atoms with Crippen molar-refractivity contribution in [3.05, 3.63) is 50.8 Å². The molecule has 0 bridgehead atoms. The van der Waals surface area contributed by atoms with Crippen LogP contribution in [0.1, 0.15) is 21.1 Å². The molecule has 1 aliphatic heterocycles. The van der Waals surface area contributed by atoms with E-state index < -0.39 is 0 Å². The Morgan fingerprint density at radius 1 is 1.52 bits per heavy atom. The molecular formula is C18H17BrFN3O3S. The van der Waals surface area contributed by atoms with Gasteiger partial charge in [0.15, 0.2) is 0 Å². The molecule has 3 aromatic rings. The third kappa shape index (κ3) is 3.77. The number of fused-ring (bicyclic) bond motifs is 1. The molecule has 1 aromatic carbocycles. The Morgan fingerprint density at radius 3 is 3.07 bits per heavy atom. The normalized spacial score (nSPS) is 16.9. The van der Waals surface area contributed by atoms with Crippen LogP contribution in [0.2, 0.25) is 0 Å². The van der Waals surface area contributed by atoms with Crippen LogP contribution in [-0.4, -0.2) is 42.0 Å². The first kappa shape index (κ1) is 18.5. The van der Waals surface area contributed by atoms with E-state index in [0.29, 0.717) is 34.5 Å². The maximum Gasteiger partial charge on any atom is 0.348 e. The molecule has 1 aliphatic rings. The van der Waals surface area contributed by atoms with Crippen LogP contribution in [0.15, 0.2) is 28.7 Å². The lowest BCUT2D eigenvalue weighted by atomic mass is 10.1. The molecule has 4 rings (SSSR count). The summed E-state index contributed by atoms with van der Waals surface area (Å²) in [6, 6.07) is 6.78. The van der Waals surface area contributed by atoms with Crippen molar-refractivity contribution in [3.8, 4) is 0 Å². The van der Waals surface area contributed by atoms with E-state index in [1.165, 1.54) is 24.5 Å². The maximum atomic E-state index is 14.3. The van der Waals surface area contributed by atoms with Crippen LogP contribution < -0.4 is 5.32 Å². The smallest absolute Gasteiger partial charge is 0.348 e. The van der Waals surface area contributed by atoms with Crippen molar-refractivity contribution in [1.82, 2.24) is 14.9 Å². The van der Waals surface area contributed by atoms with Gasteiger partial charge in [-0.1, -0.05) is 22.0 Å². The van der Waals surface area contributed by atoms with Crippen molar-refractivity contribution in [2.75, 3.05) is 20.3 Å². The molecule has 0 saturated carbocycles. The molecule has 9 heteroatoms. The summed E-state index contributed by atoms with van der Waals surface area (Å²) in [5.41, 5.74) is 1.39. The van der Waals surface area contributed by atoms with E-state index in [4.69, 9.17) is 9.47 Å². The zero-order valence-corrected chi connectivity index (χ0v) is 16.9. The molecule has 0 aliphatic carbocycles. The molecule has 0 unspecified atom stereocenters. The summed E-state index contributed by atoms with van der Waals surface area (Å²) in [4.78, 5) is 17.7. The average Bonchev–Trinajstić information content (AvgIpc) is 3.35. The van der Waals surface area contributed by atoms with Crippen molar-refractivity contribution in [2.24, 2.45) is 0 Å². The molecule has 1 N–H and O–H groups in total. The monoisotopic (exact) mass is 453 g/mol. The molecule has 27 heavy (non-hydrogen) atoms. The van der Waals surface area contributed by atoms with Gasteiger partial charge in [-0.2, -0.15) is 0 Å². The highest BCUT2D eigenvalue weighted by Gasteiger charge is 2.23. The average molecular weight is 454 g/mol. The fourth-order valence-corrected chi connectivity index (χ4v) is 4.40. The highest BCUT2D eigenvalue weighted by molar-refractivity contribution is 9.10. The number of methoxy groups -OCH3 is 1. The summed E-state index contributed by atoms with van der Waals surface area (Å²) >= 11 is 4.55. The molecule has 6 nitrogen and oxygen atoms in total. The molecule has 0 radical (unpaired) electrons. The zero-order valence-electron chi connectivity index (χ0n) is 14.5. The molecule has 1 atom stereocenters. The zero-order chi connectivity index (χ0) is 19.0. The third-order valence-electron chi connectivity index (χ3n) is 4.42. The number of carbonyl (C=O) groups is 1. The summed E-state index contributed by atoms with van der Waals surface area (Å²) in [6.07, 6.45) is 0.207. The molecule has 1 saturated heterocycles. The molecule has 0 amide bonds. The summed E-state index contributed by atoms with van der Waals surface area (Å²) in [5, 5.41) is 3.27. The largest absolute Gasteiger partial charge is 0.465 e. The Morgan fingerprint density at radius 2 is 2.37 bits per heavy atom. The van der Waals surface area contributed by atoms with Crippen LogP contribution in [0.3, 0.4) is 0 Å². The van der Waals surface area contributed by atoms with E-state index >= 15 is 0 Å². The van der Waals surface area contributed by atoms with Gasteiger partial charge < -0.3 is 14.0 Å². The van der Waals surface area contributed by atoms with Gasteiger partial charge in [-0.15, -0.1) is 11.3 Å². The molecule has 2 aromatic heterocycles. The second kappa shape index (κ2) is 7.67. The van der Waals surface area contributed by atoms with Crippen molar-refractivity contribution in [3.63, 3.8) is 0 Å². The predicted octanol–water partition coefficient (Wildman–Crippen LogP) is 3.32. The van der Waals surface area contributed by atoms with Gasteiger partial charge in [-0.05, 0) is 23.8 Å². The van der Waals surface area contributed by atoms with E-state index in [0.717, 1.165) is 22.7 Å². The van der Waals surface area contributed by atoms with Crippen LogP contribution in [0, 0.1) is 5.82 Å². The third-order valence-corrected chi connectivity index (χ3v) is 5.91. The van der Waals surface area contributed by atoms with Crippen LogP contribution in [-0.2, 0) is 22.4 Å². The van der Waals surface area contributed by atoms with Gasteiger partial charge in [-0.3, -0.25) is 5.32 Å². The van der Waals surface area contributed by atoms with Crippen molar-refractivity contribution in [2.45, 2.75) is 19.2 Å². The van der Waals surface area contributed by atoms with E-state index in [2.05, 4.69) is 26.2 Å². The van der Waals surface area contributed by atoms with Gasteiger partial charge in [0.05, 0.1) is 25.8 Å². The Balaban J connectivity index is 1.73. The Kier molecular flexibility index (Phi) is 5.27. The van der Waals surface area contributed by atoms with Crippen LogP contribution >= 0.6 is 27.3 Å². The van der Waals surface area contributed by atoms with Crippen LogP contribution in [0.5, 0.6) is 0 Å². The summed E-state index contributed by atoms with van der Waals surface area (Å²) in [7, 11) is 1.35. The number of rotatable bonds is 5. The number of ether oxygens (including phenoxy) is 2. The van der Waals surface area contributed by atoms with E-state index in [-0.39, 0.29) is 18.0 Å². The molecule has 1 fully saturated rings. The molecule has 142 valence electrons. The first-order chi connectivity index (χ1) is 13.0. The topological polar surface area (TPSA) is 65.4 Å². The number of carbonyl (C=O) groups excluding carboxylic acids is 1. The van der Waals surface area contributed by atoms with Gasteiger partial charge >= 0.3 is 5.97 Å². The van der Waals surface area contributed by atoms with Crippen LogP contribution in [0.25, 0.3) is 10.3 Å². The lowest BCUT2D eigenvalue weighted by Gasteiger charge is -2.14. The SMILES string of the molecule is COC(=O)c1cc2c(nc(Cc3ccc(Br)cc3F)n2C[C@H]2NCCO2)s1. The minimum absolute atomic E-state index is 0.141. The summed E-state index contributed by atoms with van der Waals surface area (Å²) in [5.74, 6) is 0.0549. The number of benzene rings is 1. The minimum atomic E-state index is -0.389. The molecule has 0 spiro atoms. The number of esters is 1. The number of aromatic nitrogens is 2. The number of imidazole rings is 1. The highest BCUT2D eigenvalue weighted by Crippen LogP contribution is 2.29. The lowest BCUT2D eigenvalue weighted by Crippen LogP contribution is -2.28. The van der Waals surface area contributed by atoms with Crippen LogP contribution in [0.4, 0.5) is 4.39 Å². The van der Waals surface area contributed by atoms with Gasteiger partial charge in [0.2, 0.25) is 0 Å². The van der Waals surface area contributed by atoms with Gasteiger partial charge in [-0.25, -0.2) is 14.2 Å². The van der Waals surface area contributed by atoms with Crippen molar-refractivity contribution in [1.29, 1.82) is 0 Å². The molecule has 3 heterocycles. The van der Waals surface area contributed by atoms with Crippen molar-refractivity contribution >= 4 is 43.6 Å². The fraction of sp³-hybridized carbons (Fsp3) is 0.333. The standard InChI is InChI=1S/C18H17BrFN3O3S/c1-25-18(24)14-8-13-17(27-14)22-15(23(13)9-16-21-4-5-26-16)6-10-2-3-11(19)7-12(10)20/h2-3,7-8,16,21H,4-6,9H2,1H3/t16-/m0/s1. The van der Waals surface area contributed by atoms with Gasteiger partial charge in [0.25, 0.3) is 0 Å². The van der Waals surface area contributed by atoms with E-state index in [9.17, 15) is 9.18 Å². The second-order valence-corrected chi connectivity index (χ2v) is 8.10. The van der Waals surface area contributed by atoms with E-state index in [1.807, 2.05) is 10.6 Å². The second-order valence-electron chi connectivity index (χ2n) is 6.16. The van der Waals surface area contributed by atoms with E-state index in [1.54, 1.807) is 12.1 Å². The fourth-order valence-electron chi connectivity index (χ4n) is 3.10. The lowest BCUT2D eigenvalue weighted by molar-refractivity contribution is 0.0606. The number of nitrogens with zero attached hydrogens (tertiary/aromatic N) is 2. The maximum absolute atomic E-state index is 14.3. The Hall–Kier alpha value is -1.81. The summed E-state index contributed by atoms with van der Waals surface area (Å²) in [6.45, 7) is 1.97. The first-order valence-corrected chi connectivity index (χ1v) is 10.0. The van der Waals surface area contributed by atoms with Gasteiger partial charge in [0.1, 0.15) is 27.6 Å². The Labute approximate surface area is 167 Å². The first-order valence-electron chi connectivity index (χ1n) is 8.41. The number of halogens is 2. The molecular weight excluding hydrogens is 437 g/mol. The van der Waals surface area contributed by atoms with Gasteiger partial charge in [0, 0.05) is 17.4 Å². The number of hydrogen-bond acceptors (Lipinski definition) is 6.